The number of carbonyl (C=O) groups is 2. The summed E-state index contributed by atoms with van der Waals surface area (Å²) in [5.41, 5.74) is 3.21. The van der Waals surface area contributed by atoms with Crippen LogP contribution in [0.15, 0.2) is 23.9 Å². The van der Waals surface area contributed by atoms with Crippen LogP contribution in [0.25, 0.3) is 0 Å². The number of hydrogen-bond donors (Lipinski definition) is 2. The third-order valence-electron chi connectivity index (χ3n) is 4.76. The third-order valence-corrected chi connectivity index (χ3v) is 4.98. The fraction of sp³-hybridized carbons (Fsp3) is 0.474. The van der Waals surface area contributed by atoms with Gasteiger partial charge in [0, 0.05) is 42.1 Å². The van der Waals surface area contributed by atoms with Gasteiger partial charge in [0.15, 0.2) is 0 Å². The first-order valence-corrected chi connectivity index (χ1v) is 8.91. The van der Waals surface area contributed by atoms with Crippen molar-refractivity contribution in [2.75, 3.05) is 25.0 Å². The molecule has 1 heterocycles. The van der Waals surface area contributed by atoms with Gasteiger partial charge in [0.2, 0.25) is 5.91 Å². The van der Waals surface area contributed by atoms with Crippen LogP contribution in [0.3, 0.4) is 0 Å². The molecule has 136 valence electrons. The van der Waals surface area contributed by atoms with Crippen molar-refractivity contribution in [3.63, 3.8) is 0 Å². The Balaban J connectivity index is 2.16. The van der Waals surface area contributed by atoms with Crippen molar-refractivity contribution in [3.05, 3.63) is 40.1 Å². The number of carbonyl (C=O) groups excluding carboxylic acids is 2. The van der Waals surface area contributed by atoms with Crippen molar-refractivity contribution < 1.29 is 9.59 Å². The van der Waals surface area contributed by atoms with E-state index in [9.17, 15) is 9.59 Å². The largest absolute Gasteiger partial charge is 0.375 e. The molecular weight excluding hydrogens is 338 g/mol. The lowest BCUT2D eigenvalue weighted by Gasteiger charge is -2.27. The van der Waals surface area contributed by atoms with Crippen molar-refractivity contribution in [2.45, 2.75) is 27.7 Å². The van der Waals surface area contributed by atoms with Crippen LogP contribution in [0.4, 0.5) is 5.69 Å². The quantitative estimate of drug-likeness (QED) is 0.844. The number of nitrogens with one attached hydrogen (secondary N) is 2. The molecule has 2 atom stereocenters. The summed E-state index contributed by atoms with van der Waals surface area (Å²) in [6.45, 7) is 8.91. The molecular formula is C19H26ClN3O2. The highest BCUT2D eigenvalue weighted by molar-refractivity contribution is 6.31. The van der Waals surface area contributed by atoms with E-state index in [1.165, 1.54) is 0 Å². The van der Waals surface area contributed by atoms with Crippen molar-refractivity contribution in [2.24, 2.45) is 11.8 Å². The maximum Gasteiger partial charge on any atom is 0.251 e. The van der Waals surface area contributed by atoms with Gasteiger partial charge in [0.1, 0.15) is 0 Å². The predicted molar refractivity (Wildman–Crippen MR) is 102 cm³/mol. The molecule has 2 rings (SSSR count). The zero-order chi connectivity index (χ0) is 18.7. The molecule has 0 saturated carbocycles. The maximum absolute atomic E-state index is 12.7. The van der Waals surface area contributed by atoms with E-state index in [0.717, 1.165) is 23.5 Å². The molecule has 2 N–H and O–H groups in total. The highest BCUT2D eigenvalue weighted by atomic mass is 35.5. The Bertz CT molecular complexity index is 715. The Labute approximate surface area is 154 Å². The van der Waals surface area contributed by atoms with E-state index >= 15 is 0 Å². The Morgan fingerprint density at radius 1 is 1.36 bits per heavy atom. The molecule has 1 aromatic rings. The molecule has 6 heteroatoms. The fourth-order valence-corrected chi connectivity index (χ4v) is 3.33. The van der Waals surface area contributed by atoms with Crippen LogP contribution in [0.1, 0.15) is 36.7 Å². The summed E-state index contributed by atoms with van der Waals surface area (Å²) in [6, 6.07) is 3.54. The van der Waals surface area contributed by atoms with Gasteiger partial charge in [0.25, 0.3) is 5.91 Å². The highest BCUT2D eigenvalue weighted by Crippen LogP contribution is 2.27. The number of rotatable bonds is 5. The van der Waals surface area contributed by atoms with Crippen molar-refractivity contribution in [3.8, 4) is 0 Å². The summed E-state index contributed by atoms with van der Waals surface area (Å²) in [6.07, 6.45) is 2.01. The summed E-state index contributed by atoms with van der Waals surface area (Å²) in [5.74, 6) is -0.458. The summed E-state index contributed by atoms with van der Waals surface area (Å²) >= 11 is 6.20. The van der Waals surface area contributed by atoms with Gasteiger partial charge in [-0.2, -0.15) is 0 Å². The van der Waals surface area contributed by atoms with Gasteiger partial charge < -0.3 is 15.5 Å². The molecule has 1 aliphatic heterocycles. The van der Waals surface area contributed by atoms with E-state index in [0.29, 0.717) is 17.1 Å². The van der Waals surface area contributed by atoms with Gasteiger partial charge in [-0.05, 0) is 44.4 Å². The first-order chi connectivity index (χ1) is 11.7. The van der Waals surface area contributed by atoms with E-state index in [2.05, 4.69) is 10.6 Å². The van der Waals surface area contributed by atoms with Gasteiger partial charge >= 0.3 is 0 Å². The number of halogens is 1. The predicted octanol–water partition coefficient (Wildman–Crippen LogP) is 3.12. The molecule has 0 radical (unpaired) electrons. The molecule has 25 heavy (non-hydrogen) atoms. The molecule has 0 bridgehead atoms. The number of allylic oxidation sites excluding steroid dienone is 2. The maximum atomic E-state index is 12.7. The topological polar surface area (TPSA) is 61.4 Å². The number of anilines is 1. The molecule has 1 aliphatic rings. The van der Waals surface area contributed by atoms with E-state index < -0.39 is 0 Å². The van der Waals surface area contributed by atoms with E-state index in [4.69, 9.17) is 11.6 Å². The van der Waals surface area contributed by atoms with Crippen LogP contribution < -0.4 is 15.5 Å². The molecule has 0 spiro atoms. The summed E-state index contributed by atoms with van der Waals surface area (Å²) in [7, 11) is 1.96. The molecule has 0 aromatic heterocycles. The number of amides is 2. The SMILES string of the molecule is CCN(C)c1cc(Cl)cc(C(=O)NCC2C(=O)NC(C)=CC2C)c1C. The van der Waals surface area contributed by atoms with Gasteiger partial charge in [-0.1, -0.05) is 24.6 Å². The average Bonchev–Trinajstić information content (AvgIpc) is 2.54. The van der Waals surface area contributed by atoms with Crippen LogP contribution in [0.5, 0.6) is 0 Å². The lowest BCUT2D eigenvalue weighted by atomic mass is 9.89. The van der Waals surface area contributed by atoms with Crippen molar-refractivity contribution in [1.82, 2.24) is 10.6 Å². The Morgan fingerprint density at radius 3 is 2.64 bits per heavy atom. The summed E-state index contributed by atoms with van der Waals surface area (Å²) < 4.78 is 0. The van der Waals surface area contributed by atoms with E-state index in [1.54, 1.807) is 6.07 Å². The third kappa shape index (κ3) is 4.34. The van der Waals surface area contributed by atoms with Gasteiger partial charge in [-0.25, -0.2) is 0 Å². The molecule has 2 amide bonds. The first-order valence-electron chi connectivity index (χ1n) is 8.53. The zero-order valence-corrected chi connectivity index (χ0v) is 16.2. The van der Waals surface area contributed by atoms with Crippen molar-refractivity contribution >= 4 is 29.1 Å². The van der Waals surface area contributed by atoms with E-state index in [1.807, 2.05) is 51.8 Å². The van der Waals surface area contributed by atoms with Crippen molar-refractivity contribution in [1.29, 1.82) is 0 Å². The molecule has 0 aliphatic carbocycles. The van der Waals surface area contributed by atoms with Gasteiger partial charge in [0.05, 0.1) is 5.92 Å². The summed E-state index contributed by atoms with van der Waals surface area (Å²) in [4.78, 5) is 26.8. The average molecular weight is 364 g/mol. The second kappa shape index (κ2) is 7.91. The van der Waals surface area contributed by atoms with Crippen LogP contribution in [0, 0.1) is 18.8 Å². The normalized spacial score (nSPS) is 19.9. The standard InChI is InChI=1S/C19H26ClN3O2/c1-6-23(5)17-9-14(20)8-15(13(17)4)18(24)21-10-16-11(2)7-12(3)22-19(16)25/h7-9,11,16H,6,10H2,1-5H3,(H,21,24)(H,22,25). The Kier molecular flexibility index (Phi) is 6.11. The molecule has 1 aromatic carbocycles. The molecule has 0 fully saturated rings. The highest BCUT2D eigenvalue weighted by Gasteiger charge is 2.28. The Morgan fingerprint density at radius 2 is 2.04 bits per heavy atom. The fourth-order valence-electron chi connectivity index (χ4n) is 3.12. The number of benzene rings is 1. The monoisotopic (exact) mass is 363 g/mol. The van der Waals surface area contributed by atoms with Crippen LogP contribution >= 0.6 is 11.6 Å². The lowest BCUT2D eigenvalue weighted by Crippen LogP contribution is -2.43. The molecule has 0 saturated heterocycles. The minimum absolute atomic E-state index is 0.0537. The van der Waals surface area contributed by atoms with Crippen LogP contribution in [-0.4, -0.2) is 32.0 Å². The first kappa shape index (κ1) is 19.3. The second-order valence-corrected chi connectivity index (χ2v) is 7.06. The molecule has 5 nitrogen and oxygen atoms in total. The molecule has 2 unspecified atom stereocenters. The lowest BCUT2D eigenvalue weighted by molar-refractivity contribution is -0.125. The Hall–Kier alpha value is -2.01. The number of hydrogen-bond acceptors (Lipinski definition) is 3. The minimum atomic E-state index is -0.273. The van der Waals surface area contributed by atoms with Gasteiger partial charge in [-0.15, -0.1) is 0 Å². The zero-order valence-electron chi connectivity index (χ0n) is 15.4. The smallest absolute Gasteiger partial charge is 0.251 e. The second-order valence-electron chi connectivity index (χ2n) is 6.63. The summed E-state index contributed by atoms with van der Waals surface area (Å²) in [5, 5.41) is 6.23. The van der Waals surface area contributed by atoms with Crippen LogP contribution in [-0.2, 0) is 4.79 Å². The minimum Gasteiger partial charge on any atom is -0.375 e. The van der Waals surface area contributed by atoms with E-state index in [-0.39, 0.29) is 23.7 Å². The van der Waals surface area contributed by atoms with Crippen LogP contribution in [0.2, 0.25) is 5.02 Å². The number of nitrogens with zero attached hydrogens (tertiary/aromatic N) is 1. The van der Waals surface area contributed by atoms with Gasteiger partial charge in [-0.3, -0.25) is 9.59 Å².